The average Bonchev–Trinajstić information content (AvgIpc) is 2.71. The highest BCUT2D eigenvalue weighted by Crippen LogP contribution is 2.34. The van der Waals surface area contributed by atoms with E-state index in [1.54, 1.807) is 12.1 Å². The Labute approximate surface area is 169 Å². The maximum Gasteiger partial charge on any atom is 0.414 e. The lowest BCUT2D eigenvalue weighted by molar-refractivity contribution is 0.0778. The molecule has 0 N–H and O–H groups in total. The van der Waals surface area contributed by atoms with Crippen molar-refractivity contribution in [2.75, 3.05) is 24.5 Å². The number of nitrogens with zero attached hydrogens (tertiary/aromatic N) is 2. The minimum Gasteiger partial charge on any atom is -0.444 e. The van der Waals surface area contributed by atoms with Crippen molar-refractivity contribution in [3.8, 4) is 0 Å². The third kappa shape index (κ3) is 4.08. The molecule has 0 aliphatic carbocycles. The van der Waals surface area contributed by atoms with Crippen molar-refractivity contribution in [3.63, 3.8) is 0 Å². The van der Waals surface area contributed by atoms with E-state index in [0.717, 1.165) is 43.7 Å². The lowest BCUT2D eigenvalue weighted by atomic mass is 9.83. The summed E-state index contributed by atoms with van der Waals surface area (Å²) in [6, 6.07) is 15.2. The van der Waals surface area contributed by atoms with Crippen LogP contribution in [0, 0.1) is 5.92 Å². The first kappa shape index (κ1) is 18.6. The van der Waals surface area contributed by atoms with Gasteiger partial charge in [-0.25, -0.2) is 4.79 Å². The van der Waals surface area contributed by atoms with Gasteiger partial charge in [0.05, 0.1) is 16.1 Å². The third-order valence-electron chi connectivity index (χ3n) is 5.53. The lowest BCUT2D eigenvalue weighted by Crippen LogP contribution is -2.59. The first-order chi connectivity index (χ1) is 13.1. The van der Waals surface area contributed by atoms with E-state index in [2.05, 4.69) is 4.90 Å². The van der Waals surface area contributed by atoms with E-state index < -0.39 is 0 Å². The number of carbonyl (C=O) groups excluding carboxylic acids is 1. The fraction of sp³-hybridized carbons (Fsp3) is 0.381. The molecular weight excluding hydrogens is 383 g/mol. The number of piperidine rings is 3. The Balaban J connectivity index is 1.53. The van der Waals surface area contributed by atoms with Crippen LogP contribution in [0.4, 0.5) is 10.5 Å². The molecular formula is C21H22Cl2N2O2. The second-order valence-electron chi connectivity index (χ2n) is 7.21. The van der Waals surface area contributed by atoms with Gasteiger partial charge in [0.2, 0.25) is 0 Å². The lowest BCUT2D eigenvalue weighted by Gasteiger charge is -2.48. The number of ether oxygens (including phenoxy) is 1. The van der Waals surface area contributed by atoms with Crippen LogP contribution in [0.5, 0.6) is 0 Å². The van der Waals surface area contributed by atoms with E-state index in [9.17, 15) is 4.79 Å². The molecule has 1 unspecified atom stereocenters. The molecule has 3 heterocycles. The van der Waals surface area contributed by atoms with Gasteiger partial charge in [0, 0.05) is 12.2 Å². The number of carbonyl (C=O) groups is 1. The van der Waals surface area contributed by atoms with Crippen molar-refractivity contribution in [1.82, 2.24) is 4.90 Å². The summed E-state index contributed by atoms with van der Waals surface area (Å²) in [6.45, 7) is 3.33. The molecule has 142 valence electrons. The maximum atomic E-state index is 13.1. The monoisotopic (exact) mass is 404 g/mol. The Morgan fingerprint density at radius 2 is 1.81 bits per heavy atom. The normalized spacial score (nSPS) is 23.9. The molecule has 4 nitrogen and oxygen atoms in total. The molecule has 1 atom stereocenters. The van der Waals surface area contributed by atoms with Gasteiger partial charge in [-0.3, -0.25) is 4.90 Å². The summed E-state index contributed by atoms with van der Waals surface area (Å²) in [6.07, 6.45) is 1.95. The fourth-order valence-electron chi connectivity index (χ4n) is 4.09. The first-order valence-electron chi connectivity index (χ1n) is 9.29. The van der Waals surface area contributed by atoms with Gasteiger partial charge in [0.15, 0.2) is 0 Å². The van der Waals surface area contributed by atoms with E-state index in [1.807, 2.05) is 41.3 Å². The molecule has 0 spiro atoms. The van der Waals surface area contributed by atoms with Crippen LogP contribution >= 0.6 is 23.2 Å². The average molecular weight is 405 g/mol. The molecule has 3 aliphatic heterocycles. The molecule has 2 aromatic rings. The van der Waals surface area contributed by atoms with Crippen molar-refractivity contribution >= 4 is 35.0 Å². The molecule has 2 aromatic carbocycles. The third-order valence-corrected chi connectivity index (χ3v) is 6.27. The van der Waals surface area contributed by atoms with Crippen LogP contribution in [0.15, 0.2) is 48.5 Å². The van der Waals surface area contributed by atoms with E-state index in [0.29, 0.717) is 16.0 Å². The summed E-state index contributed by atoms with van der Waals surface area (Å²) in [5.74, 6) is 0.521. The van der Waals surface area contributed by atoms with Crippen LogP contribution in [-0.4, -0.2) is 36.7 Å². The van der Waals surface area contributed by atoms with Gasteiger partial charge in [-0.2, -0.15) is 0 Å². The summed E-state index contributed by atoms with van der Waals surface area (Å²) in [5.41, 5.74) is 1.70. The second kappa shape index (κ2) is 8.09. The number of fused-ring (bicyclic) bond motifs is 3. The second-order valence-corrected chi connectivity index (χ2v) is 8.03. The van der Waals surface area contributed by atoms with Gasteiger partial charge in [-0.15, -0.1) is 0 Å². The van der Waals surface area contributed by atoms with Crippen molar-refractivity contribution in [2.45, 2.75) is 25.5 Å². The van der Waals surface area contributed by atoms with E-state index >= 15 is 0 Å². The number of hydrogen-bond acceptors (Lipinski definition) is 3. The summed E-state index contributed by atoms with van der Waals surface area (Å²) in [4.78, 5) is 17.3. The summed E-state index contributed by atoms with van der Waals surface area (Å²) in [5, 5.41) is 0.951. The summed E-state index contributed by atoms with van der Waals surface area (Å²) < 4.78 is 5.67. The zero-order valence-corrected chi connectivity index (χ0v) is 16.5. The summed E-state index contributed by atoms with van der Waals surface area (Å²) in [7, 11) is 0. The Morgan fingerprint density at radius 1 is 1.07 bits per heavy atom. The highest BCUT2D eigenvalue weighted by atomic mass is 35.5. The minimum atomic E-state index is -0.314. The summed E-state index contributed by atoms with van der Waals surface area (Å²) >= 11 is 12.0. The van der Waals surface area contributed by atoms with Crippen LogP contribution in [0.3, 0.4) is 0 Å². The number of amides is 1. The highest BCUT2D eigenvalue weighted by Gasteiger charge is 2.40. The topological polar surface area (TPSA) is 32.8 Å². The SMILES string of the molecule is O=C(OCc1ccc(Cl)c(Cl)c1)N(c1ccccc1)C1CN2CCC1CC2. The highest BCUT2D eigenvalue weighted by molar-refractivity contribution is 6.42. The van der Waals surface area contributed by atoms with E-state index in [-0.39, 0.29) is 18.7 Å². The molecule has 3 saturated heterocycles. The number of benzene rings is 2. The first-order valence-corrected chi connectivity index (χ1v) is 10.0. The largest absolute Gasteiger partial charge is 0.444 e. The molecule has 0 saturated carbocycles. The number of hydrogen-bond donors (Lipinski definition) is 0. The zero-order valence-electron chi connectivity index (χ0n) is 15.0. The van der Waals surface area contributed by atoms with E-state index in [4.69, 9.17) is 27.9 Å². The Bertz CT molecular complexity index is 807. The van der Waals surface area contributed by atoms with Crippen LogP contribution in [0.25, 0.3) is 0 Å². The van der Waals surface area contributed by atoms with Gasteiger partial charge in [-0.1, -0.05) is 47.5 Å². The predicted molar refractivity (Wildman–Crippen MR) is 109 cm³/mol. The quantitative estimate of drug-likeness (QED) is 0.698. The molecule has 0 aromatic heterocycles. The van der Waals surface area contributed by atoms with Crippen molar-refractivity contribution in [3.05, 3.63) is 64.1 Å². The molecule has 3 aliphatic rings. The number of halogens is 2. The number of para-hydroxylation sites is 1. The van der Waals surface area contributed by atoms with Gasteiger partial charge < -0.3 is 9.64 Å². The zero-order chi connectivity index (χ0) is 18.8. The smallest absolute Gasteiger partial charge is 0.414 e. The Kier molecular flexibility index (Phi) is 5.58. The van der Waals surface area contributed by atoms with Crippen LogP contribution in [-0.2, 0) is 11.3 Å². The van der Waals surface area contributed by atoms with Gasteiger partial charge in [0.1, 0.15) is 6.61 Å². The molecule has 27 heavy (non-hydrogen) atoms. The molecule has 3 fully saturated rings. The Hall–Kier alpha value is -1.75. The van der Waals surface area contributed by atoms with E-state index in [1.165, 1.54) is 0 Å². The predicted octanol–water partition coefficient (Wildman–Crippen LogP) is 5.23. The number of anilines is 1. The van der Waals surface area contributed by atoms with Gasteiger partial charge in [0.25, 0.3) is 0 Å². The van der Waals surface area contributed by atoms with Crippen LogP contribution in [0.2, 0.25) is 10.0 Å². The van der Waals surface area contributed by atoms with Crippen molar-refractivity contribution in [1.29, 1.82) is 0 Å². The molecule has 0 radical (unpaired) electrons. The maximum absolute atomic E-state index is 13.1. The minimum absolute atomic E-state index is 0.149. The molecule has 6 heteroatoms. The van der Waals surface area contributed by atoms with Crippen molar-refractivity contribution in [2.24, 2.45) is 5.92 Å². The standard InChI is InChI=1S/C21H22Cl2N2O2/c22-18-7-6-15(12-19(18)23)14-27-21(26)25(17-4-2-1-3-5-17)20-13-24-10-8-16(20)9-11-24/h1-7,12,16,20H,8-11,13-14H2. The molecule has 1 amide bonds. The van der Waals surface area contributed by atoms with Gasteiger partial charge in [-0.05, 0) is 61.7 Å². The number of rotatable bonds is 4. The van der Waals surface area contributed by atoms with Gasteiger partial charge >= 0.3 is 6.09 Å². The van der Waals surface area contributed by atoms with Crippen molar-refractivity contribution < 1.29 is 9.53 Å². The molecule has 5 rings (SSSR count). The fourth-order valence-corrected chi connectivity index (χ4v) is 4.41. The Morgan fingerprint density at radius 3 is 2.44 bits per heavy atom. The molecule has 2 bridgehead atoms. The van der Waals surface area contributed by atoms with Crippen LogP contribution in [0.1, 0.15) is 18.4 Å². The van der Waals surface area contributed by atoms with Crippen LogP contribution < -0.4 is 4.90 Å².